The number of hydrogen-bond acceptors (Lipinski definition) is 5. The van der Waals surface area contributed by atoms with Crippen molar-refractivity contribution in [1.82, 2.24) is 14.9 Å². The molecule has 1 heterocycles. The number of aromatic nitrogens is 2. The molecule has 8 heteroatoms. The van der Waals surface area contributed by atoms with Crippen molar-refractivity contribution in [3.63, 3.8) is 0 Å². The summed E-state index contributed by atoms with van der Waals surface area (Å²) in [5.74, 6) is -0.977. The molecule has 28 heavy (non-hydrogen) atoms. The van der Waals surface area contributed by atoms with E-state index in [9.17, 15) is 14.4 Å². The highest BCUT2D eigenvalue weighted by atomic mass is 32.2. The average Bonchev–Trinajstić information content (AvgIpc) is 2.67. The van der Waals surface area contributed by atoms with Gasteiger partial charge in [0.1, 0.15) is 0 Å². The zero-order valence-electron chi connectivity index (χ0n) is 15.6. The molecule has 0 fully saturated rings. The van der Waals surface area contributed by atoms with Gasteiger partial charge in [-0.3, -0.25) is 19.0 Å². The Morgan fingerprint density at radius 2 is 1.89 bits per heavy atom. The van der Waals surface area contributed by atoms with Crippen LogP contribution in [-0.4, -0.2) is 33.7 Å². The summed E-state index contributed by atoms with van der Waals surface area (Å²) in [6.07, 6.45) is 0. The zero-order valence-corrected chi connectivity index (χ0v) is 16.4. The number of benzene rings is 2. The predicted octanol–water partition coefficient (Wildman–Crippen LogP) is 1.70. The largest absolute Gasteiger partial charge is 0.368 e. The van der Waals surface area contributed by atoms with Crippen LogP contribution >= 0.6 is 11.8 Å². The number of hydrogen-bond donors (Lipinski definition) is 2. The lowest BCUT2D eigenvalue weighted by Crippen LogP contribution is -2.34. The number of para-hydroxylation sites is 1. The number of amides is 2. The van der Waals surface area contributed by atoms with Gasteiger partial charge in [-0.05, 0) is 49.2 Å². The first-order valence-electron chi connectivity index (χ1n) is 8.64. The van der Waals surface area contributed by atoms with E-state index in [0.717, 1.165) is 22.9 Å². The SMILES string of the molecule is Cc1ccc(-n2c(SCC(=O)NCC(N)=O)nc3ccccc3c2=O)cc1C. The average molecular weight is 396 g/mol. The lowest BCUT2D eigenvalue weighted by molar-refractivity contribution is -0.123. The second-order valence-electron chi connectivity index (χ2n) is 6.35. The van der Waals surface area contributed by atoms with Crippen molar-refractivity contribution in [1.29, 1.82) is 0 Å². The first-order valence-corrected chi connectivity index (χ1v) is 9.62. The maximum absolute atomic E-state index is 13.2. The molecule has 0 saturated carbocycles. The Bertz CT molecular complexity index is 1120. The summed E-state index contributed by atoms with van der Waals surface area (Å²) >= 11 is 1.13. The van der Waals surface area contributed by atoms with Crippen LogP contribution in [0.4, 0.5) is 0 Å². The minimum absolute atomic E-state index is 0.00288. The van der Waals surface area contributed by atoms with Crippen LogP contribution in [0.15, 0.2) is 52.4 Å². The predicted molar refractivity (Wildman–Crippen MR) is 110 cm³/mol. The second-order valence-corrected chi connectivity index (χ2v) is 7.29. The Labute approximate surface area is 166 Å². The standard InChI is InChI=1S/C20H20N4O3S/c1-12-7-8-14(9-13(12)2)24-19(27)15-5-3-4-6-16(15)23-20(24)28-11-18(26)22-10-17(21)25/h3-9H,10-11H2,1-2H3,(H2,21,25)(H,22,26). The molecule has 0 atom stereocenters. The fourth-order valence-electron chi connectivity index (χ4n) is 2.67. The number of fused-ring (bicyclic) bond motifs is 1. The molecule has 0 radical (unpaired) electrons. The Morgan fingerprint density at radius 3 is 2.61 bits per heavy atom. The van der Waals surface area contributed by atoms with Crippen LogP contribution in [0.5, 0.6) is 0 Å². The van der Waals surface area contributed by atoms with Crippen LogP contribution < -0.4 is 16.6 Å². The first-order chi connectivity index (χ1) is 13.4. The van der Waals surface area contributed by atoms with E-state index in [1.165, 1.54) is 4.57 Å². The Balaban J connectivity index is 2.04. The van der Waals surface area contributed by atoms with Crippen molar-refractivity contribution in [3.05, 3.63) is 63.9 Å². The normalized spacial score (nSPS) is 10.8. The quantitative estimate of drug-likeness (QED) is 0.487. The second kappa shape index (κ2) is 8.26. The first kappa shape index (κ1) is 19.6. The topological polar surface area (TPSA) is 107 Å². The fourth-order valence-corrected chi connectivity index (χ4v) is 3.51. The lowest BCUT2D eigenvalue weighted by atomic mass is 10.1. The number of nitrogens with two attached hydrogens (primary N) is 1. The molecule has 0 spiro atoms. The maximum atomic E-state index is 13.2. The Morgan fingerprint density at radius 1 is 1.14 bits per heavy atom. The molecule has 0 unspecified atom stereocenters. The van der Waals surface area contributed by atoms with E-state index < -0.39 is 5.91 Å². The van der Waals surface area contributed by atoms with Crippen LogP contribution in [-0.2, 0) is 9.59 Å². The van der Waals surface area contributed by atoms with E-state index in [4.69, 9.17) is 5.73 Å². The summed E-state index contributed by atoms with van der Waals surface area (Å²) in [6, 6.07) is 12.8. The van der Waals surface area contributed by atoms with Crippen LogP contribution in [0.1, 0.15) is 11.1 Å². The van der Waals surface area contributed by atoms with Gasteiger partial charge in [0.05, 0.1) is 28.9 Å². The molecule has 1 aromatic heterocycles. The summed E-state index contributed by atoms with van der Waals surface area (Å²) in [5.41, 5.74) is 8.25. The van der Waals surface area contributed by atoms with Crippen LogP contribution in [0, 0.1) is 13.8 Å². The minimum Gasteiger partial charge on any atom is -0.368 e. The molecule has 3 rings (SSSR count). The van der Waals surface area contributed by atoms with Crippen LogP contribution in [0.25, 0.3) is 16.6 Å². The van der Waals surface area contributed by atoms with E-state index in [1.54, 1.807) is 18.2 Å². The van der Waals surface area contributed by atoms with Gasteiger partial charge in [-0.1, -0.05) is 30.0 Å². The van der Waals surface area contributed by atoms with Crippen LogP contribution in [0.2, 0.25) is 0 Å². The molecule has 7 nitrogen and oxygen atoms in total. The number of rotatable bonds is 6. The molecular weight excluding hydrogens is 376 g/mol. The van der Waals surface area contributed by atoms with Gasteiger partial charge < -0.3 is 11.1 Å². The molecule has 2 amide bonds. The minimum atomic E-state index is -0.616. The molecule has 144 valence electrons. The fraction of sp³-hybridized carbons (Fsp3) is 0.200. The molecule has 0 bridgehead atoms. The highest BCUT2D eigenvalue weighted by Gasteiger charge is 2.15. The molecular formula is C20H20N4O3S. The third-order valence-electron chi connectivity index (χ3n) is 4.29. The number of nitrogens with one attached hydrogen (secondary N) is 1. The number of aryl methyl sites for hydroxylation is 2. The molecule has 3 aromatic rings. The van der Waals surface area contributed by atoms with Crippen LogP contribution in [0.3, 0.4) is 0 Å². The van der Waals surface area contributed by atoms with Gasteiger partial charge in [-0.25, -0.2) is 4.98 Å². The van der Waals surface area contributed by atoms with E-state index >= 15 is 0 Å². The van der Waals surface area contributed by atoms with Gasteiger partial charge in [0.25, 0.3) is 5.56 Å². The van der Waals surface area contributed by atoms with Gasteiger partial charge in [-0.15, -0.1) is 0 Å². The summed E-state index contributed by atoms with van der Waals surface area (Å²) in [5, 5.41) is 3.34. The van der Waals surface area contributed by atoms with Gasteiger partial charge in [-0.2, -0.15) is 0 Å². The highest BCUT2D eigenvalue weighted by molar-refractivity contribution is 7.99. The summed E-state index contributed by atoms with van der Waals surface area (Å²) in [4.78, 5) is 40.5. The Hall–Kier alpha value is -3.13. The van der Waals surface area contributed by atoms with Gasteiger partial charge >= 0.3 is 0 Å². The van der Waals surface area contributed by atoms with E-state index in [-0.39, 0.29) is 23.8 Å². The monoisotopic (exact) mass is 396 g/mol. The van der Waals surface area contributed by atoms with E-state index in [0.29, 0.717) is 21.7 Å². The molecule has 0 aliphatic rings. The van der Waals surface area contributed by atoms with Crippen molar-refractivity contribution in [2.75, 3.05) is 12.3 Å². The number of thioether (sulfide) groups is 1. The molecule has 0 aliphatic carbocycles. The third kappa shape index (κ3) is 4.23. The number of carbonyl (C=O) groups excluding carboxylic acids is 2. The van der Waals surface area contributed by atoms with E-state index in [1.807, 2.05) is 38.1 Å². The number of carbonyl (C=O) groups is 2. The molecule has 2 aromatic carbocycles. The van der Waals surface area contributed by atoms with Gasteiger partial charge in [0, 0.05) is 0 Å². The van der Waals surface area contributed by atoms with Crippen molar-refractivity contribution in [2.24, 2.45) is 5.73 Å². The summed E-state index contributed by atoms with van der Waals surface area (Å²) in [7, 11) is 0. The summed E-state index contributed by atoms with van der Waals surface area (Å²) < 4.78 is 1.51. The number of nitrogens with zero attached hydrogens (tertiary/aromatic N) is 2. The van der Waals surface area contributed by atoms with Gasteiger partial charge in [0.2, 0.25) is 11.8 Å². The van der Waals surface area contributed by atoms with E-state index in [2.05, 4.69) is 10.3 Å². The van der Waals surface area contributed by atoms with Gasteiger partial charge in [0.15, 0.2) is 5.16 Å². The van der Waals surface area contributed by atoms with Crippen molar-refractivity contribution < 1.29 is 9.59 Å². The lowest BCUT2D eigenvalue weighted by Gasteiger charge is -2.14. The third-order valence-corrected chi connectivity index (χ3v) is 5.22. The summed E-state index contributed by atoms with van der Waals surface area (Å²) in [6.45, 7) is 3.75. The number of primary amides is 1. The molecule has 3 N–H and O–H groups in total. The maximum Gasteiger partial charge on any atom is 0.266 e. The molecule has 0 saturated heterocycles. The zero-order chi connectivity index (χ0) is 20.3. The molecule has 0 aliphatic heterocycles. The van der Waals surface area contributed by atoms with Crippen molar-refractivity contribution in [2.45, 2.75) is 19.0 Å². The Kier molecular flexibility index (Phi) is 5.79. The smallest absolute Gasteiger partial charge is 0.266 e. The van der Waals surface area contributed by atoms with Crippen molar-refractivity contribution >= 4 is 34.5 Å². The van der Waals surface area contributed by atoms with Crippen molar-refractivity contribution in [3.8, 4) is 5.69 Å². The highest BCUT2D eigenvalue weighted by Crippen LogP contribution is 2.22.